The van der Waals surface area contributed by atoms with E-state index in [2.05, 4.69) is 35.2 Å². The van der Waals surface area contributed by atoms with Crippen molar-refractivity contribution in [2.45, 2.75) is 38.0 Å². The number of nitrogens with one attached hydrogen (secondary N) is 1. The number of aromatic nitrogens is 2. The minimum Gasteiger partial charge on any atom is -0.361 e. The number of hydrogen-bond donors (Lipinski definition) is 1. The molecule has 2 aromatic rings. The smallest absolute Gasteiger partial charge is 0.254 e. The molecule has 2 saturated heterocycles. The van der Waals surface area contributed by atoms with Crippen LogP contribution in [-0.4, -0.2) is 52.4 Å². The Bertz CT molecular complexity index is 916. The summed E-state index contributed by atoms with van der Waals surface area (Å²) in [5.41, 5.74) is 1.83. The van der Waals surface area contributed by atoms with Gasteiger partial charge in [0.05, 0.1) is 24.2 Å². The molecule has 2 fully saturated rings. The molecule has 1 N–H and O–H groups in total. The van der Waals surface area contributed by atoms with E-state index in [1.165, 1.54) is 0 Å². The van der Waals surface area contributed by atoms with E-state index >= 15 is 0 Å². The lowest BCUT2D eigenvalue weighted by molar-refractivity contribution is -0.155. The zero-order chi connectivity index (χ0) is 19.7. The first-order chi connectivity index (χ1) is 13.5. The molecule has 0 unspecified atom stereocenters. The number of likely N-dealkylation sites (tertiary alicyclic amines) is 1. The fourth-order valence-corrected chi connectivity index (χ4v) is 4.38. The van der Waals surface area contributed by atoms with Crippen LogP contribution >= 0.6 is 0 Å². The molecule has 146 valence electrons. The third-order valence-corrected chi connectivity index (χ3v) is 5.60. The number of rotatable bonds is 4. The fourth-order valence-electron chi connectivity index (χ4n) is 4.38. The van der Waals surface area contributed by atoms with Gasteiger partial charge in [0.25, 0.3) is 5.91 Å². The summed E-state index contributed by atoms with van der Waals surface area (Å²) in [4.78, 5) is 15.2. The zero-order valence-electron chi connectivity index (χ0n) is 16.3. The van der Waals surface area contributed by atoms with E-state index < -0.39 is 5.60 Å². The number of ether oxygens (including phenoxy) is 1. The number of nitrogens with zero attached hydrogens (tertiary/aromatic N) is 4. The molecule has 0 bridgehead atoms. The summed E-state index contributed by atoms with van der Waals surface area (Å²) in [6.07, 6.45) is 1.79. The Morgan fingerprint density at radius 2 is 2.29 bits per heavy atom. The minimum absolute atomic E-state index is 0.0477. The zero-order valence-corrected chi connectivity index (χ0v) is 16.3. The molecule has 1 aromatic heterocycles. The van der Waals surface area contributed by atoms with Crippen molar-refractivity contribution in [3.63, 3.8) is 0 Å². The second-order valence-electron chi connectivity index (χ2n) is 7.82. The highest BCUT2D eigenvalue weighted by Gasteiger charge is 2.56. The molecule has 28 heavy (non-hydrogen) atoms. The SMILES string of the molecule is CC(C)n1nccc1[C@H]1CN(Cc2cccc(C#N)c2)C[C@]12OCCNC2=O. The molecule has 2 aliphatic rings. The van der Waals surface area contributed by atoms with Crippen LogP contribution in [-0.2, 0) is 16.1 Å². The number of amides is 1. The summed E-state index contributed by atoms with van der Waals surface area (Å²) in [7, 11) is 0. The summed E-state index contributed by atoms with van der Waals surface area (Å²) >= 11 is 0. The summed E-state index contributed by atoms with van der Waals surface area (Å²) < 4.78 is 8.16. The minimum atomic E-state index is -0.905. The first-order valence-electron chi connectivity index (χ1n) is 9.70. The highest BCUT2D eigenvalue weighted by Crippen LogP contribution is 2.41. The van der Waals surface area contributed by atoms with E-state index in [4.69, 9.17) is 10.00 Å². The van der Waals surface area contributed by atoms with Crippen LogP contribution in [0.1, 0.15) is 42.6 Å². The Balaban J connectivity index is 1.66. The predicted molar refractivity (Wildman–Crippen MR) is 103 cm³/mol. The molecule has 2 aliphatic heterocycles. The number of carbonyl (C=O) groups is 1. The number of nitriles is 1. The van der Waals surface area contributed by atoms with E-state index in [0.29, 0.717) is 38.3 Å². The van der Waals surface area contributed by atoms with E-state index in [1.54, 1.807) is 12.3 Å². The monoisotopic (exact) mass is 379 g/mol. The van der Waals surface area contributed by atoms with Crippen LogP contribution in [0.2, 0.25) is 0 Å². The average Bonchev–Trinajstić information content (AvgIpc) is 3.30. The number of benzene rings is 1. The number of morpholine rings is 1. The second-order valence-corrected chi connectivity index (χ2v) is 7.82. The van der Waals surface area contributed by atoms with Crippen LogP contribution in [0.4, 0.5) is 0 Å². The summed E-state index contributed by atoms with van der Waals surface area (Å²) in [5, 5.41) is 16.6. The topological polar surface area (TPSA) is 83.2 Å². The maximum absolute atomic E-state index is 13.0. The second kappa shape index (κ2) is 7.38. The molecule has 1 spiro atoms. The largest absolute Gasteiger partial charge is 0.361 e. The quantitative estimate of drug-likeness (QED) is 0.876. The Morgan fingerprint density at radius 1 is 1.43 bits per heavy atom. The highest BCUT2D eigenvalue weighted by atomic mass is 16.5. The van der Waals surface area contributed by atoms with Crippen molar-refractivity contribution in [3.8, 4) is 6.07 Å². The Morgan fingerprint density at radius 3 is 3.04 bits per heavy atom. The summed E-state index contributed by atoms with van der Waals surface area (Å²) in [6, 6.07) is 12.0. The average molecular weight is 379 g/mol. The predicted octanol–water partition coefficient (Wildman–Crippen LogP) is 1.82. The van der Waals surface area contributed by atoms with Crippen LogP contribution in [0.3, 0.4) is 0 Å². The molecule has 1 amide bonds. The number of carbonyl (C=O) groups excluding carboxylic acids is 1. The summed E-state index contributed by atoms with van der Waals surface area (Å²) in [5.74, 6) is -0.148. The van der Waals surface area contributed by atoms with Crippen molar-refractivity contribution in [3.05, 3.63) is 53.3 Å². The van der Waals surface area contributed by atoms with Crippen molar-refractivity contribution in [2.24, 2.45) is 0 Å². The van der Waals surface area contributed by atoms with Gasteiger partial charge in [-0.05, 0) is 37.6 Å². The standard InChI is InChI=1S/C21H25N5O2/c1-15(2)26-19(6-7-24-26)18-13-25(12-17-5-3-4-16(10-17)11-22)14-21(18)20(27)23-8-9-28-21/h3-7,10,15,18H,8-9,12-14H2,1-2H3,(H,23,27)/t18-,21+/m1/s1. The van der Waals surface area contributed by atoms with E-state index in [9.17, 15) is 4.79 Å². The maximum atomic E-state index is 13.0. The molecule has 3 heterocycles. The summed E-state index contributed by atoms with van der Waals surface area (Å²) in [6.45, 7) is 7.11. The van der Waals surface area contributed by atoms with Crippen LogP contribution in [0.15, 0.2) is 36.5 Å². The Kier molecular flexibility index (Phi) is 4.92. The van der Waals surface area contributed by atoms with Gasteiger partial charge in [-0.3, -0.25) is 14.4 Å². The van der Waals surface area contributed by atoms with Crippen LogP contribution in [0.25, 0.3) is 0 Å². The van der Waals surface area contributed by atoms with Crippen LogP contribution in [0.5, 0.6) is 0 Å². The van der Waals surface area contributed by atoms with Gasteiger partial charge in [-0.25, -0.2) is 0 Å². The third-order valence-electron chi connectivity index (χ3n) is 5.60. The molecule has 7 nitrogen and oxygen atoms in total. The molecule has 0 saturated carbocycles. The first-order valence-corrected chi connectivity index (χ1v) is 9.70. The van der Waals surface area contributed by atoms with E-state index in [1.807, 2.05) is 28.9 Å². The normalized spacial score (nSPS) is 25.2. The van der Waals surface area contributed by atoms with Gasteiger partial charge in [-0.1, -0.05) is 12.1 Å². The molecular formula is C21H25N5O2. The van der Waals surface area contributed by atoms with Gasteiger partial charge in [-0.2, -0.15) is 10.4 Å². The van der Waals surface area contributed by atoms with E-state index in [0.717, 1.165) is 11.3 Å². The molecule has 7 heteroatoms. The van der Waals surface area contributed by atoms with Gasteiger partial charge in [0, 0.05) is 44.1 Å². The first kappa shape index (κ1) is 18.7. The van der Waals surface area contributed by atoms with Gasteiger partial charge in [-0.15, -0.1) is 0 Å². The van der Waals surface area contributed by atoms with Crippen molar-refractivity contribution in [2.75, 3.05) is 26.2 Å². The van der Waals surface area contributed by atoms with Crippen molar-refractivity contribution in [1.29, 1.82) is 5.26 Å². The van der Waals surface area contributed by atoms with Crippen LogP contribution in [0, 0.1) is 11.3 Å². The highest BCUT2D eigenvalue weighted by molar-refractivity contribution is 5.88. The van der Waals surface area contributed by atoms with Gasteiger partial charge < -0.3 is 10.1 Å². The molecule has 1 aromatic carbocycles. The molecule has 2 atom stereocenters. The lowest BCUT2D eigenvalue weighted by Crippen LogP contribution is -2.59. The lowest BCUT2D eigenvalue weighted by Gasteiger charge is -2.37. The van der Waals surface area contributed by atoms with Gasteiger partial charge >= 0.3 is 0 Å². The van der Waals surface area contributed by atoms with Gasteiger partial charge in [0.15, 0.2) is 5.60 Å². The fraction of sp³-hybridized carbons (Fsp3) is 0.476. The van der Waals surface area contributed by atoms with Gasteiger partial charge in [0.2, 0.25) is 0 Å². The van der Waals surface area contributed by atoms with Crippen molar-refractivity contribution in [1.82, 2.24) is 20.0 Å². The molecule has 4 rings (SSSR count). The Labute approximate surface area is 164 Å². The third kappa shape index (κ3) is 3.19. The molecular weight excluding hydrogens is 354 g/mol. The Hall–Kier alpha value is -2.69. The lowest BCUT2D eigenvalue weighted by atomic mass is 9.86. The van der Waals surface area contributed by atoms with Crippen molar-refractivity contribution >= 4 is 5.91 Å². The number of hydrogen-bond acceptors (Lipinski definition) is 5. The maximum Gasteiger partial charge on any atom is 0.254 e. The van der Waals surface area contributed by atoms with Gasteiger partial charge in [0.1, 0.15) is 0 Å². The molecule has 0 aliphatic carbocycles. The van der Waals surface area contributed by atoms with Crippen molar-refractivity contribution < 1.29 is 9.53 Å². The van der Waals surface area contributed by atoms with E-state index in [-0.39, 0.29) is 17.9 Å². The van der Waals surface area contributed by atoms with Crippen LogP contribution < -0.4 is 5.32 Å². The molecule has 0 radical (unpaired) electrons.